The van der Waals surface area contributed by atoms with E-state index >= 15 is 0 Å². The van der Waals surface area contributed by atoms with Crippen LogP contribution in [0.2, 0.25) is 5.02 Å². The molecule has 0 aromatic heterocycles. The predicted molar refractivity (Wildman–Crippen MR) is 97.9 cm³/mol. The van der Waals surface area contributed by atoms with Crippen molar-refractivity contribution in [1.29, 1.82) is 0 Å². The molecule has 0 amide bonds. The lowest BCUT2D eigenvalue weighted by Gasteiger charge is -2.41. The lowest BCUT2D eigenvalue weighted by molar-refractivity contribution is 0.101. The van der Waals surface area contributed by atoms with Gasteiger partial charge in [0, 0.05) is 37.2 Å². The molecule has 0 bridgehead atoms. The van der Waals surface area contributed by atoms with Crippen LogP contribution in [0.15, 0.2) is 23.1 Å². The minimum Gasteiger partial charge on any atom is -0.298 e. The summed E-state index contributed by atoms with van der Waals surface area (Å²) in [6.07, 6.45) is 5.10. The number of benzene rings is 1. The molecule has 24 heavy (non-hydrogen) atoms. The second kappa shape index (κ2) is 7.32. The minimum atomic E-state index is -3.44. The van der Waals surface area contributed by atoms with E-state index in [0.717, 1.165) is 24.6 Å². The van der Waals surface area contributed by atoms with Gasteiger partial charge in [-0.2, -0.15) is 4.31 Å². The molecule has 2 fully saturated rings. The van der Waals surface area contributed by atoms with E-state index in [4.69, 9.17) is 11.6 Å². The van der Waals surface area contributed by atoms with Gasteiger partial charge in [0.2, 0.25) is 10.0 Å². The van der Waals surface area contributed by atoms with Gasteiger partial charge in [-0.3, -0.25) is 4.90 Å². The summed E-state index contributed by atoms with van der Waals surface area (Å²) in [7, 11) is -3.44. The van der Waals surface area contributed by atoms with E-state index in [1.165, 1.54) is 25.7 Å². The van der Waals surface area contributed by atoms with Gasteiger partial charge >= 0.3 is 0 Å². The molecule has 1 heterocycles. The Hall–Kier alpha value is -0.620. The average Bonchev–Trinajstić information content (AvgIpc) is 2.58. The second-order valence-corrected chi connectivity index (χ2v) is 9.61. The Bertz CT molecular complexity index is 676. The summed E-state index contributed by atoms with van der Waals surface area (Å²) < 4.78 is 27.3. The van der Waals surface area contributed by atoms with Gasteiger partial charge in [-0.25, -0.2) is 8.42 Å². The summed E-state index contributed by atoms with van der Waals surface area (Å²) >= 11 is 6.10. The molecule has 1 aromatic rings. The van der Waals surface area contributed by atoms with Crippen molar-refractivity contribution in [2.75, 3.05) is 26.2 Å². The molecule has 0 radical (unpaired) electrons. The fourth-order valence-electron chi connectivity index (χ4n) is 3.80. The summed E-state index contributed by atoms with van der Waals surface area (Å²) in [5.41, 5.74) is 0.895. The Balaban J connectivity index is 1.64. The molecule has 4 nitrogen and oxygen atoms in total. The first-order valence-corrected chi connectivity index (χ1v) is 10.7. The van der Waals surface area contributed by atoms with Crippen molar-refractivity contribution in [1.82, 2.24) is 9.21 Å². The zero-order valence-electron chi connectivity index (χ0n) is 14.5. The largest absolute Gasteiger partial charge is 0.298 e. The van der Waals surface area contributed by atoms with E-state index in [-0.39, 0.29) is 0 Å². The van der Waals surface area contributed by atoms with E-state index in [1.807, 2.05) is 6.92 Å². The third-order valence-corrected chi connectivity index (χ3v) is 7.86. The molecule has 6 heteroatoms. The molecule has 3 rings (SSSR count). The lowest BCUT2D eigenvalue weighted by Crippen LogP contribution is -2.52. The molecule has 0 N–H and O–H groups in total. The molecule has 1 aromatic carbocycles. The monoisotopic (exact) mass is 370 g/mol. The number of aryl methyl sites for hydroxylation is 1. The SMILES string of the molecule is Cc1ccc(S(=O)(=O)N2CCN(C3CCC(C)CC3)CC2)cc1Cl. The van der Waals surface area contributed by atoms with Crippen LogP contribution in [0.3, 0.4) is 0 Å². The van der Waals surface area contributed by atoms with Crippen molar-refractivity contribution in [3.63, 3.8) is 0 Å². The minimum absolute atomic E-state index is 0.304. The third kappa shape index (κ3) is 3.79. The number of halogens is 1. The van der Waals surface area contributed by atoms with Crippen LogP contribution in [0.1, 0.15) is 38.2 Å². The van der Waals surface area contributed by atoms with Crippen LogP contribution >= 0.6 is 11.6 Å². The standard InChI is InChI=1S/C18H27ClN2O2S/c1-14-3-6-16(7-4-14)20-9-11-21(12-10-20)24(22,23)17-8-5-15(2)18(19)13-17/h5,8,13-14,16H,3-4,6-7,9-12H2,1-2H3. The van der Waals surface area contributed by atoms with E-state index in [2.05, 4.69) is 11.8 Å². The second-order valence-electron chi connectivity index (χ2n) is 7.26. The zero-order valence-corrected chi connectivity index (χ0v) is 16.1. The number of sulfonamides is 1. The topological polar surface area (TPSA) is 40.6 Å². The molecule has 0 spiro atoms. The van der Waals surface area contributed by atoms with Gasteiger partial charge in [0.1, 0.15) is 0 Å². The van der Waals surface area contributed by atoms with Crippen LogP contribution in [0, 0.1) is 12.8 Å². The lowest BCUT2D eigenvalue weighted by atomic mass is 9.86. The smallest absolute Gasteiger partial charge is 0.243 e. The van der Waals surface area contributed by atoms with Crippen molar-refractivity contribution in [3.05, 3.63) is 28.8 Å². The summed E-state index contributed by atoms with van der Waals surface area (Å²) in [6.45, 7) is 7.01. The van der Waals surface area contributed by atoms with Gasteiger partial charge < -0.3 is 0 Å². The van der Waals surface area contributed by atoms with Gasteiger partial charge in [0.05, 0.1) is 4.90 Å². The fraction of sp³-hybridized carbons (Fsp3) is 0.667. The normalized spacial score (nSPS) is 27.3. The molecule has 0 unspecified atom stereocenters. The van der Waals surface area contributed by atoms with Crippen LogP contribution in [0.4, 0.5) is 0 Å². The maximum absolute atomic E-state index is 12.8. The predicted octanol–water partition coefficient (Wildman–Crippen LogP) is 3.53. The van der Waals surface area contributed by atoms with E-state index in [0.29, 0.717) is 29.0 Å². The van der Waals surface area contributed by atoms with Gasteiger partial charge in [-0.1, -0.05) is 24.6 Å². The van der Waals surface area contributed by atoms with Gasteiger partial charge in [0.15, 0.2) is 0 Å². The Kier molecular flexibility index (Phi) is 5.55. The molecule has 134 valence electrons. The highest BCUT2D eigenvalue weighted by molar-refractivity contribution is 7.89. The quantitative estimate of drug-likeness (QED) is 0.817. The van der Waals surface area contributed by atoms with Crippen LogP contribution in [0.25, 0.3) is 0 Å². The molecular formula is C18H27ClN2O2S. The van der Waals surface area contributed by atoms with E-state index < -0.39 is 10.0 Å². The number of hydrogen-bond donors (Lipinski definition) is 0. The van der Waals surface area contributed by atoms with Crippen molar-refractivity contribution in [2.24, 2.45) is 5.92 Å². The number of piperazine rings is 1. The van der Waals surface area contributed by atoms with Crippen LogP contribution in [-0.4, -0.2) is 49.8 Å². The zero-order chi connectivity index (χ0) is 17.3. The number of nitrogens with zero attached hydrogens (tertiary/aromatic N) is 2. The summed E-state index contributed by atoms with van der Waals surface area (Å²) in [5, 5.41) is 0.506. The first-order chi connectivity index (χ1) is 11.4. The van der Waals surface area contributed by atoms with Crippen molar-refractivity contribution in [2.45, 2.75) is 50.5 Å². The molecule has 1 aliphatic heterocycles. The maximum atomic E-state index is 12.8. The molecule has 0 atom stereocenters. The van der Waals surface area contributed by atoms with Gasteiger partial charge in [-0.05, 0) is 56.2 Å². The van der Waals surface area contributed by atoms with Gasteiger partial charge in [0.25, 0.3) is 0 Å². The van der Waals surface area contributed by atoms with Crippen LogP contribution < -0.4 is 0 Å². The van der Waals surface area contributed by atoms with Crippen molar-refractivity contribution in [3.8, 4) is 0 Å². The van der Waals surface area contributed by atoms with Gasteiger partial charge in [-0.15, -0.1) is 0 Å². The number of hydrogen-bond acceptors (Lipinski definition) is 3. The number of rotatable bonds is 3. The summed E-state index contributed by atoms with van der Waals surface area (Å²) in [4.78, 5) is 2.79. The molecule has 1 aliphatic carbocycles. The highest BCUT2D eigenvalue weighted by Crippen LogP contribution is 2.29. The van der Waals surface area contributed by atoms with Crippen LogP contribution in [0.5, 0.6) is 0 Å². The maximum Gasteiger partial charge on any atom is 0.243 e. The molecule has 2 aliphatic rings. The first-order valence-electron chi connectivity index (χ1n) is 8.88. The highest BCUT2D eigenvalue weighted by atomic mass is 35.5. The molecule has 1 saturated carbocycles. The van der Waals surface area contributed by atoms with Crippen LogP contribution in [-0.2, 0) is 10.0 Å². The molecule has 1 saturated heterocycles. The fourth-order valence-corrected chi connectivity index (χ4v) is 5.49. The average molecular weight is 371 g/mol. The van der Waals surface area contributed by atoms with Crippen molar-refractivity contribution < 1.29 is 8.42 Å². The highest BCUT2D eigenvalue weighted by Gasteiger charge is 2.32. The Morgan fingerprint density at radius 1 is 1.04 bits per heavy atom. The van der Waals surface area contributed by atoms with Crippen molar-refractivity contribution >= 4 is 21.6 Å². The van der Waals surface area contributed by atoms with E-state index in [1.54, 1.807) is 22.5 Å². The van der Waals surface area contributed by atoms with E-state index in [9.17, 15) is 8.42 Å². The Morgan fingerprint density at radius 3 is 2.25 bits per heavy atom. The Labute approximate surface area is 150 Å². The third-order valence-electron chi connectivity index (χ3n) is 5.56. The summed E-state index contributed by atoms with van der Waals surface area (Å²) in [5.74, 6) is 0.842. The first kappa shape index (κ1) is 18.2. The summed E-state index contributed by atoms with van der Waals surface area (Å²) in [6, 6.07) is 5.64. The molecular weight excluding hydrogens is 344 g/mol. The Morgan fingerprint density at radius 2 is 1.67 bits per heavy atom.